The predicted octanol–water partition coefficient (Wildman–Crippen LogP) is 4.34. The Bertz CT molecular complexity index is 1110. The summed E-state index contributed by atoms with van der Waals surface area (Å²) in [5.74, 6) is 5.57. The third-order valence-electron chi connectivity index (χ3n) is 5.47. The highest BCUT2D eigenvalue weighted by Crippen LogP contribution is 2.25. The highest BCUT2D eigenvalue weighted by Gasteiger charge is 2.23. The fourth-order valence-corrected chi connectivity index (χ4v) is 4.42. The van der Waals surface area contributed by atoms with Crippen molar-refractivity contribution in [2.24, 2.45) is 0 Å². The van der Waals surface area contributed by atoms with Crippen molar-refractivity contribution in [3.8, 4) is 11.4 Å². The second-order valence-electron chi connectivity index (χ2n) is 9.93. The van der Waals surface area contributed by atoms with E-state index in [0.29, 0.717) is 30.4 Å². The number of ether oxygens (including phenoxy) is 2. The maximum Gasteiger partial charge on any atom is 0.412 e. The number of amides is 1. The number of nitrogens with zero attached hydrogens (tertiary/aromatic N) is 3. The molecule has 9 heteroatoms. The van der Waals surface area contributed by atoms with Crippen LogP contribution in [-0.2, 0) is 24.7 Å². The molecule has 0 saturated carbocycles. The molecule has 1 aromatic carbocycles. The Balaban J connectivity index is 1.92. The Morgan fingerprint density at radius 3 is 2.56 bits per heavy atom. The van der Waals surface area contributed by atoms with Crippen molar-refractivity contribution >= 4 is 33.0 Å². The SMILES string of the molecule is C=S(=O)(Cc1cc(N2CCOC[C@@H]2C)nc(-c2ccc(NC(=O)OC(C)(C)C)cc2)n1)C(C)C. The van der Waals surface area contributed by atoms with E-state index in [9.17, 15) is 9.00 Å². The van der Waals surface area contributed by atoms with E-state index in [2.05, 4.69) is 23.0 Å². The van der Waals surface area contributed by atoms with Crippen molar-refractivity contribution in [1.82, 2.24) is 9.97 Å². The zero-order valence-electron chi connectivity index (χ0n) is 21.0. The quantitative estimate of drug-likeness (QED) is 0.605. The number of anilines is 2. The van der Waals surface area contributed by atoms with Crippen molar-refractivity contribution in [2.45, 2.75) is 64.2 Å². The topological polar surface area (TPSA) is 93.7 Å². The van der Waals surface area contributed by atoms with Crippen LogP contribution < -0.4 is 10.2 Å². The minimum absolute atomic E-state index is 0.0603. The lowest BCUT2D eigenvalue weighted by Gasteiger charge is -2.34. The average molecular weight is 489 g/mol. The van der Waals surface area contributed by atoms with Gasteiger partial charge in [0.15, 0.2) is 5.82 Å². The number of benzene rings is 1. The molecule has 1 amide bonds. The highest BCUT2D eigenvalue weighted by molar-refractivity contribution is 8.00. The minimum atomic E-state index is -2.34. The second-order valence-corrected chi connectivity index (χ2v) is 12.9. The zero-order valence-corrected chi connectivity index (χ0v) is 21.8. The summed E-state index contributed by atoms with van der Waals surface area (Å²) >= 11 is 0. The number of hydrogen-bond donors (Lipinski definition) is 1. The molecule has 1 saturated heterocycles. The van der Waals surface area contributed by atoms with Crippen LogP contribution in [-0.4, -0.2) is 62.8 Å². The van der Waals surface area contributed by atoms with E-state index in [4.69, 9.17) is 19.4 Å². The summed E-state index contributed by atoms with van der Waals surface area (Å²) in [5, 5.41) is 2.67. The predicted molar refractivity (Wildman–Crippen MR) is 139 cm³/mol. The van der Waals surface area contributed by atoms with E-state index in [1.54, 1.807) is 12.1 Å². The van der Waals surface area contributed by atoms with Gasteiger partial charge < -0.3 is 14.4 Å². The molecular weight excluding hydrogens is 452 g/mol. The van der Waals surface area contributed by atoms with Crippen molar-refractivity contribution < 1.29 is 18.5 Å². The molecule has 186 valence electrons. The summed E-state index contributed by atoms with van der Waals surface area (Å²) in [4.78, 5) is 23.8. The smallest absolute Gasteiger partial charge is 0.412 e. The van der Waals surface area contributed by atoms with Crippen LogP contribution in [0.3, 0.4) is 0 Å². The molecule has 1 aliphatic rings. The molecule has 0 spiro atoms. The minimum Gasteiger partial charge on any atom is -0.444 e. The molecular formula is C25H36N4O4S. The first-order valence-corrected chi connectivity index (χ1v) is 13.5. The molecule has 0 bridgehead atoms. The number of rotatable bonds is 6. The van der Waals surface area contributed by atoms with Gasteiger partial charge in [-0.25, -0.2) is 14.8 Å². The summed E-state index contributed by atoms with van der Waals surface area (Å²) in [7, 11) is -2.34. The standard InChI is InChI=1S/C25H36N4O4S/c1-17(2)34(7,31)16-21-14-22(29-12-13-32-15-18(29)3)28-23(26-21)19-8-10-20(11-9-19)27-24(30)33-25(4,5)6/h8-11,14,17-18H,7,12-13,15-16H2,1-6H3,(H,27,30)/t18-,34?/m0/s1. The summed E-state index contributed by atoms with van der Waals surface area (Å²) in [6.07, 6.45) is -0.513. The van der Waals surface area contributed by atoms with E-state index in [1.165, 1.54) is 0 Å². The van der Waals surface area contributed by atoms with E-state index in [0.717, 1.165) is 17.9 Å². The molecule has 1 fully saturated rings. The lowest BCUT2D eigenvalue weighted by Crippen LogP contribution is -2.44. The Hall–Kier alpha value is -2.65. The summed E-state index contributed by atoms with van der Waals surface area (Å²) < 4.78 is 23.9. The Labute approximate surface area is 203 Å². The van der Waals surface area contributed by atoms with Gasteiger partial charge in [-0.15, -0.1) is 0 Å². The Morgan fingerprint density at radius 1 is 1.29 bits per heavy atom. The Kier molecular flexibility index (Phi) is 7.88. The lowest BCUT2D eigenvalue weighted by atomic mass is 10.2. The van der Waals surface area contributed by atoms with Gasteiger partial charge in [-0.1, -0.05) is 13.8 Å². The molecule has 0 aliphatic carbocycles. The molecule has 0 radical (unpaired) electrons. The number of hydrogen-bond acceptors (Lipinski definition) is 7. The van der Waals surface area contributed by atoms with Crippen LogP contribution in [0.1, 0.15) is 47.2 Å². The highest BCUT2D eigenvalue weighted by atomic mass is 32.2. The molecule has 1 unspecified atom stereocenters. The molecule has 34 heavy (non-hydrogen) atoms. The van der Waals surface area contributed by atoms with E-state index >= 15 is 0 Å². The third-order valence-corrected chi connectivity index (χ3v) is 7.97. The van der Waals surface area contributed by atoms with Gasteiger partial charge in [-0.2, -0.15) is 0 Å². The van der Waals surface area contributed by atoms with Gasteiger partial charge in [-0.05, 0) is 67.4 Å². The van der Waals surface area contributed by atoms with Gasteiger partial charge in [0, 0.05) is 29.1 Å². The monoisotopic (exact) mass is 488 g/mol. The lowest BCUT2D eigenvalue weighted by molar-refractivity contribution is 0.0636. The summed E-state index contributed by atoms with van der Waals surface area (Å²) in [5.41, 5.74) is 1.52. The van der Waals surface area contributed by atoms with Crippen LogP contribution in [0, 0.1) is 0 Å². The van der Waals surface area contributed by atoms with Crippen LogP contribution in [0.25, 0.3) is 11.4 Å². The molecule has 1 aromatic heterocycles. The van der Waals surface area contributed by atoms with Gasteiger partial charge in [-0.3, -0.25) is 9.53 Å². The zero-order chi connectivity index (χ0) is 25.1. The number of aromatic nitrogens is 2. The largest absolute Gasteiger partial charge is 0.444 e. The first-order valence-electron chi connectivity index (χ1n) is 11.5. The second kappa shape index (κ2) is 10.3. The van der Waals surface area contributed by atoms with E-state index in [1.807, 2.05) is 52.8 Å². The van der Waals surface area contributed by atoms with Gasteiger partial charge in [0.05, 0.1) is 30.7 Å². The molecule has 1 N–H and O–H groups in total. The molecule has 2 aromatic rings. The molecule has 2 heterocycles. The normalized spacial score (nSPS) is 18.4. The van der Waals surface area contributed by atoms with Crippen LogP contribution in [0.5, 0.6) is 0 Å². The maximum atomic E-state index is 13.0. The van der Waals surface area contributed by atoms with Crippen molar-refractivity contribution in [3.63, 3.8) is 0 Å². The maximum absolute atomic E-state index is 13.0. The number of carbonyl (C=O) groups is 1. The van der Waals surface area contributed by atoms with Crippen LogP contribution in [0.4, 0.5) is 16.3 Å². The third kappa shape index (κ3) is 6.93. The molecule has 2 atom stereocenters. The molecule has 8 nitrogen and oxygen atoms in total. The average Bonchev–Trinajstić information content (AvgIpc) is 2.72. The number of nitrogens with one attached hydrogen (secondary N) is 1. The van der Waals surface area contributed by atoms with Crippen LogP contribution in [0.15, 0.2) is 30.3 Å². The molecule has 3 rings (SSSR count). The van der Waals surface area contributed by atoms with E-state index < -0.39 is 21.2 Å². The fourth-order valence-electron chi connectivity index (χ4n) is 3.44. The van der Waals surface area contributed by atoms with Crippen LogP contribution >= 0.6 is 0 Å². The van der Waals surface area contributed by atoms with Gasteiger partial charge in [0.25, 0.3) is 0 Å². The number of carbonyl (C=O) groups excluding carboxylic acids is 1. The summed E-state index contributed by atoms with van der Waals surface area (Å²) in [6.45, 7) is 13.3. The van der Waals surface area contributed by atoms with Crippen molar-refractivity contribution in [1.29, 1.82) is 0 Å². The summed E-state index contributed by atoms with van der Waals surface area (Å²) in [6, 6.07) is 9.34. The first kappa shape index (κ1) is 26.0. The van der Waals surface area contributed by atoms with Gasteiger partial charge in [0.2, 0.25) is 0 Å². The van der Waals surface area contributed by atoms with Gasteiger partial charge in [0.1, 0.15) is 11.4 Å². The fraction of sp³-hybridized carbons (Fsp3) is 0.520. The molecule has 1 aliphatic heterocycles. The van der Waals surface area contributed by atoms with Crippen molar-refractivity contribution in [3.05, 3.63) is 36.0 Å². The van der Waals surface area contributed by atoms with Crippen LogP contribution in [0.2, 0.25) is 0 Å². The number of morpholine rings is 1. The van der Waals surface area contributed by atoms with Crippen molar-refractivity contribution in [2.75, 3.05) is 30.0 Å². The first-order chi connectivity index (χ1) is 15.8. The van der Waals surface area contributed by atoms with Gasteiger partial charge >= 0.3 is 6.09 Å². The Morgan fingerprint density at radius 2 is 1.97 bits per heavy atom. The van der Waals surface area contributed by atoms with E-state index in [-0.39, 0.29) is 17.0 Å².